The van der Waals surface area contributed by atoms with Crippen molar-refractivity contribution in [3.8, 4) is 11.5 Å². The summed E-state index contributed by atoms with van der Waals surface area (Å²) in [6.45, 7) is 2.70. The minimum Gasteiger partial charge on any atom is -0.497 e. The zero-order valence-corrected chi connectivity index (χ0v) is 15.9. The van der Waals surface area contributed by atoms with Crippen LogP contribution in [0, 0.1) is 0 Å². The van der Waals surface area contributed by atoms with Crippen molar-refractivity contribution < 1.29 is 23.8 Å². The first-order valence-electron chi connectivity index (χ1n) is 8.88. The molecule has 2 aromatic rings. The Balaban J connectivity index is 1.71. The molecule has 0 aliphatic carbocycles. The first-order chi connectivity index (χ1) is 13.6. The number of carbonyl (C=O) groups is 2. The molecule has 1 aliphatic heterocycles. The molecule has 8 nitrogen and oxygen atoms in total. The van der Waals surface area contributed by atoms with Crippen LogP contribution in [0.5, 0.6) is 11.5 Å². The number of nitrogens with one attached hydrogen (secondary N) is 2. The first-order valence-corrected chi connectivity index (χ1v) is 8.88. The normalized spacial score (nSPS) is 13.6. The van der Waals surface area contributed by atoms with Crippen LogP contribution >= 0.6 is 0 Å². The van der Waals surface area contributed by atoms with E-state index in [2.05, 4.69) is 15.5 Å². The molecule has 8 heteroatoms. The van der Waals surface area contributed by atoms with E-state index in [1.54, 1.807) is 24.3 Å². The fourth-order valence-corrected chi connectivity index (χ4v) is 2.92. The van der Waals surface area contributed by atoms with Gasteiger partial charge in [-0.15, -0.1) is 0 Å². The van der Waals surface area contributed by atoms with Gasteiger partial charge < -0.3 is 29.7 Å². The predicted molar refractivity (Wildman–Crippen MR) is 106 cm³/mol. The van der Waals surface area contributed by atoms with Gasteiger partial charge in [0, 0.05) is 19.2 Å². The van der Waals surface area contributed by atoms with Crippen LogP contribution in [0.3, 0.4) is 0 Å². The summed E-state index contributed by atoms with van der Waals surface area (Å²) >= 11 is 0. The maximum absolute atomic E-state index is 12.4. The molecular weight excluding hydrogens is 362 g/mol. The van der Waals surface area contributed by atoms with Gasteiger partial charge in [0.05, 0.1) is 44.5 Å². The number of morpholine rings is 1. The third-order valence-electron chi connectivity index (χ3n) is 4.37. The van der Waals surface area contributed by atoms with E-state index in [4.69, 9.17) is 14.2 Å². The Kier molecular flexibility index (Phi) is 6.33. The summed E-state index contributed by atoms with van der Waals surface area (Å²) in [5.41, 5.74) is 1.81. The molecular formula is C20H23N3O5. The molecule has 1 fully saturated rings. The Hall–Kier alpha value is -3.26. The van der Waals surface area contributed by atoms with Gasteiger partial charge in [-0.3, -0.25) is 9.59 Å². The zero-order chi connectivity index (χ0) is 19.9. The van der Waals surface area contributed by atoms with Crippen LogP contribution in [0.25, 0.3) is 0 Å². The van der Waals surface area contributed by atoms with Crippen molar-refractivity contribution in [1.29, 1.82) is 0 Å². The molecule has 1 aliphatic rings. The molecule has 0 saturated carbocycles. The van der Waals surface area contributed by atoms with Crippen molar-refractivity contribution in [3.63, 3.8) is 0 Å². The Labute approximate surface area is 163 Å². The number of rotatable bonds is 5. The van der Waals surface area contributed by atoms with Gasteiger partial charge in [0.1, 0.15) is 11.5 Å². The van der Waals surface area contributed by atoms with E-state index >= 15 is 0 Å². The minimum absolute atomic E-state index is 0.380. The van der Waals surface area contributed by atoms with E-state index in [1.165, 1.54) is 14.2 Å². The highest BCUT2D eigenvalue weighted by atomic mass is 16.5. The fourth-order valence-electron chi connectivity index (χ4n) is 2.92. The van der Waals surface area contributed by atoms with Gasteiger partial charge in [0.15, 0.2) is 0 Å². The molecule has 0 spiro atoms. The van der Waals surface area contributed by atoms with Gasteiger partial charge in [-0.05, 0) is 24.3 Å². The zero-order valence-electron chi connectivity index (χ0n) is 15.9. The van der Waals surface area contributed by atoms with Crippen molar-refractivity contribution in [2.75, 3.05) is 56.1 Å². The number of hydrogen-bond acceptors (Lipinski definition) is 6. The number of amides is 2. The SMILES string of the molecule is COc1ccc(NC(=O)C(=O)Nc2ccccc2N2CCOCC2)c(OC)c1. The summed E-state index contributed by atoms with van der Waals surface area (Å²) in [7, 11) is 3.01. The fraction of sp³-hybridized carbons (Fsp3) is 0.300. The van der Waals surface area contributed by atoms with E-state index in [0.717, 1.165) is 18.8 Å². The molecule has 148 valence electrons. The molecule has 2 amide bonds. The summed E-state index contributed by atoms with van der Waals surface area (Å²) in [4.78, 5) is 26.9. The topological polar surface area (TPSA) is 89.1 Å². The van der Waals surface area contributed by atoms with Crippen molar-refractivity contribution in [2.45, 2.75) is 0 Å². The van der Waals surface area contributed by atoms with E-state index in [1.807, 2.05) is 18.2 Å². The molecule has 2 N–H and O–H groups in total. The van der Waals surface area contributed by atoms with Crippen molar-refractivity contribution in [2.24, 2.45) is 0 Å². The number of ether oxygens (including phenoxy) is 3. The van der Waals surface area contributed by atoms with Gasteiger partial charge in [-0.1, -0.05) is 12.1 Å². The number of methoxy groups -OCH3 is 2. The van der Waals surface area contributed by atoms with Gasteiger partial charge >= 0.3 is 11.8 Å². The Morgan fingerprint density at radius 2 is 1.61 bits per heavy atom. The molecule has 2 aromatic carbocycles. The van der Waals surface area contributed by atoms with Crippen LogP contribution in [0.15, 0.2) is 42.5 Å². The molecule has 0 radical (unpaired) electrons. The average molecular weight is 385 g/mol. The van der Waals surface area contributed by atoms with Crippen LogP contribution in [-0.2, 0) is 14.3 Å². The molecule has 0 unspecified atom stereocenters. The molecule has 1 saturated heterocycles. The lowest BCUT2D eigenvalue weighted by Crippen LogP contribution is -2.37. The van der Waals surface area contributed by atoms with Gasteiger partial charge in [0.25, 0.3) is 0 Å². The standard InChI is InChI=1S/C20H23N3O5/c1-26-14-7-8-16(18(13-14)27-2)22-20(25)19(24)21-15-5-3-4-6-17(15)23-9-11-28-12-10-23/h3-8,13H,9-12H2,1-2H3,(H,21,24)(H,22,25). The molecule has 28 heavy (non-hydrogen) atoms. The van der Waals surface area contributed by atoms with E-state index in [-0.39, 0.29) is 0 Å². The third kappa shape index (κ3) is 4.52. The second-order valence-corrected chi connectivity index (χ2v) is 6.09. The van der Waals surface area contributed by atoms with Crippen molar-refractivity contribution in [3.05, 3.63) is 42.5 Å². The highest BCUT2D eigenvalue weighted by molar-refractivity contribution is 6.44. The number of hydrogen-bond donors (Lipinski definition) is 2. The van der Waals surface area contributed by atoms with E-state index in [9.17, 15) is 9.59 Å². The smallest absolute Gasteiger partial charge is 0.314 e. The van der Waals surface area contributed by atoms with Gasteiger partial charge in [0.2, 0.25) is 0 Å². The highest BCUT2D eigenvalue weighted by Crippen LogP contribution is 2.29. The van der Waals surface area contributed by atoms with Crippen molar-refractivity contribution >= 4 is 28.9 Å². The Morgan fingerprint density at radius 1 is 0.929 bits per heavy atom. The second-order valence-electron chi connectivity index (χ2n) is 6.09. The second kappa shape index (κ2) is 9.09. The number of carbonyl (C=O) groups excluding carboxylic acids is 2. The number of benzene rings is 2. The predicted octanol–water partition coefficient (Wildman–Crippen LogP) is 2.12. The molecule has 3 rings (SSSR count). The largest absolute Gasteiger partial charge is 0.497 e. The summed E-state index contributed by atoms with van der Waals surface area (Å²) in [5.74, 6) is -0.577. The minimum atomic E-state index is -0.791. The number of nitrogens with zero attached hydrogens (tertiary/aromatic N) is 1. The number of para-hydroxylation sites is 2. The quantitative estimate of drug-likeness (QED) is 0.767. The lowest BCUT2D eigenvalue weighted by Gasteiger charge is -2.30. The van der Waals surface area contributed by atoms with Gasteiger partial charge in [-0.25, -0.2) is 0 Å². The van der Waals surface area contributed by atoms with Crippen LogP contribution in [0.2, 0.25) is 0 Å². The highest BCUT2D eigenvalue weighted by Gasteiger charge is 2.20. The molecule has 0 aromatic heterocycles. The van der Waals surface area contributed by atoms with Crippen molar-refractivity contribution in [1.82, 2.24) is 0 Å². The summed E-state index contributed by atoms with van der Waals surface area (Å²) in [6.07, 6.45) is 0. The molecule has 1 heterocycles. The van der Waals surface area contributed by atoms with Crippen LogP contribution in [0.4, 0.5) is 17.1 Å². The van der Waals surface area contributed by atoms with Crippen LogP contribution < -0.4 is 25.0 Å². The number of anilines is 3. The van der Waals surface area contributed by atoms with Crippen LogP contribution in [-0.4, -0.2) is 52.3 Å². The Morgan fingerprint density at radius 3 is 2.29 bits per heavy atom. The van der Waals surface area contributed by atoms with Gasteiger partial charge in [-0.2, -0.15) is 0 Å². The maximum Gasteiger partial charge on any atom is 0.314 e. The lowest BCUT2D eigenvalue weighted by atomic mass is 10.2. The van der Waals surface area contributed by atoms with E-state index < -0.39 is 11.8 Å². The summed E-state index contributed by atoms with van der Waals surface area (Å²) in [5, 5.41) is 5.26. The summed E-state index contributed by atoms with van der Waals surface area (Å²) in [6, 6.07) is 12.3. The summed E-state index contributed by atoms with van der Waals surface area (Å²) < 4.78 is 15.7. The first kappa shape index (κ1) is 19.5. The maximum atomic E-state index is 12.4. The lowest BCUT2D eigenvalue weighted by molar-refractivity contribution is -0.133. The Bertz CT molecular complexity index is 849. The molecule has 0 bridgehead atoms. The van der Waals surface area contributed by atoms with E-state index in [0.29, 0.717) is 36.1 Å². The molecule has 0 atom stereocenters. The monoisotopic (exact) mass is 385 g/mol. The van der Waals surface area contributed by atoms with Crippen LogP contribution in [0.1, 0.15) is 0 Å². The third-order valence-corrected chi connectivity index (χ3v) is 4.37. The average Bonchev–Trinajstić information content (AvgIpc) is 2.75.